The first-order chi connectivity index (χ1) is 28.7. The van der Waals surface area contributed by atoms with Crippen LogP contribution in [0.5, 0.6) is 0 Å². The molecule has 1 unspecified atom stereocenters. The molecule has 0 aliphatic heterocycles. The van der Waals surface area contributed by atoms with Gasteiger partial charge >= 0.3 is 0 Å². The van der Waals surface area contributed by atoms with Gasteiger partial charge in [0.25, 0.3) is 0 Å². The van der Waals surface area contributed by atoms with Crippen LogP contribution in [0.2, 0.25) is 0 Å². The molecule has 0 saturated heterocycles. The van der Waals surface area contributed by atoms with Crippen molar-refractivity contribution in [3.63, 3.8) is 0 Å². The predicted molar refractivity (Wildman–Crippen MR) is 233 cm³/mol. The number of nitrogens with zero attached hydrogens (tertiary/aromatic N) is 4. The van der Waals surface area contributed by atoms with Gasteiger partial charge < -0.3 is 4.42 Å². The lowest BCUT2D eigenvalue weighted by Gasteiger charge is -2.35. The molecule has 0 bridgehead atoms. The maximum atomic E-state index is 6.79. The number of benzene rings is 7. The van der Waals surface area contributed by atoms with Gasteiger partial charge in [0.15, 0.2) is 11.6 Å². The fraction of sp³-hybridized carbons (Fsp3) is 0.0189. The highest BCUT2D eigenvalue weighted by Crippen LogP contribution is 2.60. The van der Waals surface area contributed by atoms with Crippen molar-refractivity contribution in [2.45, 2.75) is 5.41 Å². The number of furan rings is 1. The highest BCUT2D eigenvalue weighted by Gasteiger charge is 2.49. The Bertz CT molecular complexity index is 3280. The van der Waals surface area contributed by atoms with Crippen molar-refractivity contribution < 1.29 is 4.42 Å². The van der Waals surface area contributed by atoms with Gasteiger partial charge in [0.2, 0.25) is 0 Å². The van der Waals surface area contributed by atoms with Crippen LogP contribution < -0.4 is 0 Å². The van der Waals surface area contributed by atoms with Gasteiger partial charge in [-0.2, -0.15) is 0 Å². The second-order valence-electron chi connectivity index (χ2n) is 15.0. The molecule has 270 valence electrons. The summed E-state index contributed by atoms with van der Waals surface area (Å²) in [6.45, 7) is 0. The van der Waals surface area contributed by atoms with Crippen LogP contribution in [-0.2, 0) is 5.41 Å². The van der Waals surface area contributed by atoms with Crippen molar-refractivity contribution in [1.82, 2.24) is 19.9 Å². The van der Waals surface area contributed by atoms with Gasteiger partial charge in [-0.3, -0.25) is 0 Å². The quantitative estimate of drug-likeness (QED) is 0.180. The third-order valence-electron chi connectivity index (χ3n) is 11.8. The van der Waals surface area contributed by atoms with E-state index in [0.717, 1.165) is 66.7 Å². The average molecular weight is 741 g/mol. The molecule has 0 saturated carbocycles. The summed E-state index contributed by atoms with van der Waals surface area (Å²) in [6, 6.07) is 59.7. The summed E-state index contributed by atoms with van der Waals surface area (Å²) in [4.78, 5) is 19.9. The van der Waals surface area contributed by atoms with Crippen molar-refractivity contribution in [3.05, 3.63) is 216 Å². The summed E-state index contributed by atoms with van der Waals surface area (Å²) in [5.41, 5.74) is 16.0. The minimum absolute atomic E-state index is 0.638. The molecular weight excluding hydrogens is 709 g/mol. The Morgan fingerprint density at radius 3 is 1.84 bits per heavy atom. The van der Waals surface area contributed by atoms with Crippen LogP contribution in [-0.4, -0.2) is 19.9 Å². The van der Waals surface area contributed by atoms with E-state index >= 15 is 0 Å². The number of hydrogen-bond donors (Lipinski definition) is 0. The summed E-state index contributed by atoms with van der Waals surface area (Å²) < 4.78 is 6.79. The summed E-state index contributed by atoms with van der Waals surface area (Å²) in [7, 11) is 0. The first-order valence-electron chi connectivity index (χ1n) is 19.5. The third kappa shape index (κ3) is 4.77. The van der Waals surface area contributed by atoms with Crippen LogP contribution in [0.25, 0.3) is 90.5 Å². The van der Waals surface area contributed by atoms with Gasteiger partial charge in [0, 0.05) is 51.0 Å². The molecular formula is C53H32N4O. The SMILES string of the molecule is C1=Cc2ccc(-c3cc(-c4cnc(-c5ccccc5)nc4)nc(-c4ccccc4)n3)cc2C2(c3ccccc31)c1ccccc1-c1c2ccc2c1oc1ccccc12. The molecule has 0 N–H and O–H groups in total. The largest absolute Gasteiger partial charge is 0.455 e. The topological polar surface area (TPSA) is 64.7 Å². The van der Waals surface area contributed by atoms with Crippen LogP contribution in [0.3, 0.4) is 0 Å². The molecule has 0 amide bonds. The van der Waals surface area contributed by atoms with Gasteiger partial charge in [-0.1, -0.05) is 164 Å². The van der Waals surface area contributed by atoms with Crippen molar-refractivity contribution in [3.8, 4) is 56.4 Å². The van der Waals surface area contributed by atoms with Gasteiger partial charge in [-0.05, 0) is 57.1 Å². The predicted octanol–water partition coefficient (Wildman–Crippen LogP) is 12.7. The molecule has 0 fully saturated rings. The molecule has 12 rings (SSSR count). The second-order valence-corrected chi connectivity index (χ2v) is 15.0. The van der Waals surface area contributed by atoms with E-state index in [2.05, 4.69) is 127 Å². The summed E-state index contributed by atoms with van der Waals surface area (Å²) in [5, 5.41) is 2.25. The fourth-order valence-corrected chi connectivity index (χ4v) is 9.27. The Morgan fingerprint density at radius 1 is 0.414 bits per heavy atom. The molecule has 58 heavy (non-hydrogen) atoms. The Kier molecular flexibility index (Phi) is 7.07. The van der Waals surface area contributed by atoms with Crippen LogP contribution in [0, 0.1) is 0 Å². The zero-order valence-corrected chi connectivity index (χ0v) is 31.2. The Hall–Kier alpha value is -7.76. The van der Waals surface area contributed by atoms with E-state index in [4.69, 9.17) is 24.4 Å². The summed E-state index contributed by atoms with van der Waals surface area (Å²) in [6.07, 6.45) is 8.24. The van der Waals surface area contributed by atoms with Gasteiger partial charge in [-0.15, -0.1) is 0 Å². The van der Waals surface area contributed by atoms with Crippen LogP contribution in [0.1, 0.15) is 33.4 Å². The standard InChI is InChI=1S/C53H32N4O/c1-3-14-35(15-4-1)51-54-31-38(32-55-51)47-30-46(56-52(57-47)36-16-5-2-6-17-36)37-26-25-34-24-23-33-13-7-10-20-42(33)53(45(34)29-37)43-21-11-8-19-41(43)49-44(53)28-27-40-39-18-9-12-22-48(39)58-50(40)49/h1-32H. The Morgan fingerprint density at radius 2 is 1.05 bits per heavy atom. The molecule has 1 atom stereocenters. The van der Waals surface area contributed by atoms with E-state index in [0.29, 0.717) is 11.6 Å². The summed E-state index contributed by atoms with van der Waals surface area (Å²) >= 11 is 0. The summed E-state index contributed by atoms with van der Waals surface area (Å²) in [5.74, 6) is 1.31. The molecule has 7 aromatic carbocycles. The van der Waals surface area contributed by atoms with Crippen LogP contribution in [0.15, 0.2) is 187 Å². The second kappa shape index (κ2) is 12.6. The number of rotatable bonds is 4. The Balaban J connectivity index is 1.11. The maximum absolute atomic E-state index is 6.79. The number of para-hydroxylation sites is 1. The minimum atomic E-state index is -0.649. The molecule has 2 aliphatic rings. The normalized spacial score (nSPS) is 14.9. The van der Waals surface area contributed by atoms with E-state index in [-0.39, 0.29) is 0 Å². The molecule has 10 aromatic rings. The zero-order chi connectivity index (χ0) is 38.2. The van der Waals surface area contributed by atoms with Gasteiger partial charge in [0.1, 0.15) is 11.2 Å². The zero-order valence-electron chi connectivity index (χ0n) is 31.2. The highest BCUT2D eigenvalue weighted by atomic mass is 16.3. The van der Waals surface area contributed by atoms with Crippen molar-refractivity contribution in [1.29, 1.82) is 0 Å². The van der Waals surface area contributed by atoms with Crippen LogP contribution in [0.4, 0.5) is 0 Å². The Labute approximate surface area is 334 Å². The first-order valence-corrected chi connectivity index (χ1v) is 19.5. The number of fused-ring (bicyclic) bond motifs is 13. The molecule has 2 aliphatic carbocycles. The lowest BCUT2D eigenvalue weighted by molar-refractivity contribution is 0.669. The minimum Gasteiger partial charge on any atom is -0.455 e. The van der Waals surface area contributed by atoms with Crippen LogP contribution >= 0.6 is 0 Å². The molecule has 3 aromatic heterocycles. The van der Waals surface area contributed by atoms with E-state index in [1.807, 2.05) is 67.0 Å². The van der Waals surface area contributed by atoms with E-state index in [1.54, 1.807) is 0 Å². The molecule has 0 radical (unpaired) electrons. The van der Waals surface area contributed by atoms with Crippen molar-refractivity contribution >= 4 is 34.1 Å². The number of aromatic nitrogens is 4. The van der Waals surface area contributed by atoms with Gasteiger partial charge in [-0.25, -0.2) is 19.9 Å². The molecule has 1 spiro atoms. The molecule has 5 heteroatoms. The smallest absolute Gasteiger partial charge is 0.160 e. The monoisotopic (exact) mass is 740 g/mol. The first kappa shape index (κ1) is 32.5. The third-order valence-corrected chi connectivity index (χ3v) is 11.8. The van der Waals surface area contributed by atoms with E-state index in [1.165, 1.54) is 33.4 Å². The fourth-order valence-electron chi connectivity index (χ4n) is 9.27. The van der Waals surface area contributed by atoms with Gasteiger partial charge in [0.05, 0.1) is 16.8 Å². The molecule has 3 heterocycles. The van der Waals surface area contributed by atoms with Crippen molar-refractivity contribution in [2.75, 3.05) is 0 Å². The van der Waals surface area contributed by atoms with E-state index in [9.17, 15) is 0 Å². The lowest BCUT2D eigenvalue weighted by Crippen LogP contribution is -2.30. The maximum Gasteiger partial charge on any atom is 0.160 e. The molecule has 5 nitrogen and oxygen atoms in total. The van der Waals surface area contributed by atoms with E-state index < -0.39 is 5.41 Å². The highest BCUT2D eigenvalue weighted by molar-refractivity contribution is 6.12. The average Bonchev–Trinajstić information content (AvgIpc) is 3.78. The lowest BCUT2D eigenvalue weighted by atomic mass is 9.65. The number of hydrogen-bond acceptors (Lipinski definition) is 5. The van der Waals surface area contributed by atoms with Crippen molar-refractivity contribution in [2.24, 2.45) is 0 Å².